The fourth-order valence-corrected chi connectivity index (χ4v) is 3.08. The Morgan fingerprint density at radius 3 is 2.68 bits per heavy atom. The molecule has 0 saturated heterocycles. The second kappa shape index (κ2) is 5.73. The third-order valence-corrected chi connectivity index (χ3v) is 4.17. The molecule has 0 heterocycles. The summed E-state index contributed by atoms with van der Waals surface area (Å²) in [5, 5.41) is 10.8. The Bertz CT molecular complexity index is 492. The first-order valence-corrected chi connectivity index (χ1v) is 6.00. The first kappa shape index (κ1) is 16.3. The van der Waals surface area contributed by atoms with Crippen LogP contribution in [0.1, 0.15) is 26.7 Å². The number of Topliss-reactive ketones (excluding diaryl/α,β-unsaturated/α-hetero) is 1. The Hall–Kier alpha value is -0.710. The first-order valence-electron chi connectivity index (χ1n) is 6.00. The minimum absolute atomic E-state index is 0. The molecule has 0 aromatic rings. The maximum atomic E-state index is 12.4. The van der Waals surface area contributed by atoms with Gasteiger partial charge in [-0.2, -0.15) is 0 Å². The maximum absolute atomic E-state index is 12.4. The number of ketones is 2. The van der Waals surface area contributed by atoms with Gasteiger partial charge >= 0.3 is 29.6 Å². The molecule has 0 radical (unpaired) electrons. The molecule has 96 valence electrons. The molecule has 0 saturated carbocycles. The fraction of sp³-hybridized carbons (Fsp3) is 0.500. The molecular formula is C14H15NaO4. The number of carboxylic acids is 1. The predicted octanol–water partition coefficient (Wildman–Crippen LogP) is -2.57. The Morgan fingerprint density at radius 1 is 1.47 bits per heavy atom. The van der Waals surface area contributed by atoms with Crippen LogP contribution in [0.15, 0.2) is 23.8 Å². The van der Waals surface area contributed by atoms with Crippen molar-refractivity contribution in [2.24, 2.45) is 17.3 Å². The van der Waals surface area contributed by atoms with Crippen LogP contribution >= 0.6 is 0 Å². The van der Waals surface area contributed by atoms with E-state index in [1.807, 2.05) is 0 Å². The standard InChI is InChI=1S/C14H16O4.Na/c1-8-6-11(15)10-5-3-4-9(7-12(16)17)14(10,2)13(8)18;/h3-4,6,9-10H,5,7H2,1-2H3,(H,16,17);/q;+1/p-1/t9-,10-,14+;/m0./s1. The van der Waals surface area contributed by atoms with Gasteiger partial charge in [0.25, 0.3) is 0 Å². The van der Waals surface area contributed by atoms with Crippen LogP contribution < -0.4 is 34.7 Å². The second-order valence-corrected chi connectivity index (χ2v) is 5.24. The quantitative estimate of drug-likeness (QED) is 0.408. The van der Waals surface area contributed by atoms with Crippen molar-refractivity contribution in [1.29, 1.82) is 0 Å². The number of carbonyl (C=O) groups is 3. The number of aliphatic carboxylic acids is 1. The molecule has 0 fully saturated rings. The molecule has 4 nitrogen and oxygen atoms in total. The summed E-state index contributed by atoms with van der Waals surface area (Å²) in [4.78, 5) is 35.1. The van der Waals surface area contributed by atoms with Crippen molar-refractivity contribution in [3.63, 3.8) is 0 Å². The van der Waals surface area contributed by atoms with Crippen molar-refractivity contribution < 1.29 is 49.0 Å². The summed E-state index contributed by atoms with van der Waals surface area (Å²) >= 11 is 0. The summed E-state index contributed by atoms with van der Waals surface area (Å²) in [6, 6.07) is 0. The van der Waals surface area contributed by atoms with Crippen molar-refractivity contribution in [2.75, 3.05) is 0 Å². The van der Waals surface area contributed by atoms with E-state index >= 15 is 0 Å². The van der Waals surface area contributed by atoms with Crippen molar-refractivity contribution in [3.8, 4) is 0 Å². The minimum Gasteiger partial charge on any atom is -0.550 e. The Kier molecular flexibility index (Phi) is 4.93. The summed E-state index contributed by atoms with van der Waals surface area (Å²) in [6.45, 7) is 3.31. The van der Waals surface area contributed by atoms with Gasteiger partial charge in [-0.05, 0) is 37.3 Å². The average molecular weight is 270 g/mol. The van der Waals surface area contributed by atoms with E-state index < -0.39 is 23.2 Å². The Balaban J connectivity index is 0.00000180. The normalized spacial score (nSPS) is 33.3. The molecule has 0 unspecified atom stereocenters. The Morgan fingerprint density at radius 2 is 2.11 bits per heavy atom. The largest absolute Gasteiger partial charge is 1.00 e. The molecular weight excluding hydrogens is 255 g/mol. The summed E-state index contributed by atoms with van der Waals surface area (Å²) in [7, 11) is 0. The number of carbonyl (C=O) groups excluding carboxylic acids is 3. The molecule has 2 aliphatic rings. The molecule has 0 N–H and O–H groups in total. The molecule has 0 aromatic carbocycles. The van der Waals surface area contributed by atoms with Gasteiger partial charge in [0, 0.05) is 17.3 Å². The third kappa shape index (κ3) is 2.62. The van der Waals surface area contributed by atoms with Gasteiger partial charge in [0.15, 0.2) is 11.6 Å². The van der Waals surface area contributed by atoms with Crippen LogP contribution in [0.2, 0.25) is 0 Å². The van der Waals surface area contributed by atoms with Crippen LogP contribution in [0.4, 0.5) is 0 Å². The number of rotatable bonds is 2. The van der Waals surface area contributed by atoms with Gasteiger partial charge in [-0.1, -0.05) is 19.1 Å². The number of carboxylic acid groups (broad SMARTS) is 1. The SMILES string of the molecule is CC1=CC(=O)[C@@H]2CC=C[C@@H](CC(=O)[O-])[C@@]2(C)C1=O.[Na+]. The zero-order valence-corrected chi connectivity index (χ0v) is 13.4. The van der Waals surface area contributed by atoms with Crippen LogP contribution in [0, 0.1) is 17.3 Å². The monoisotopic (exact) mass is 270 g/mol. The van der Waals surface area contributed by atoms with Gasteiger partial charge in [0.1, 0.15) is 0 Å². The molecule has 5 heteroatoms. The summed E-state index contributed by atoms with van der Waals surface area (Å²) in [5.74, 6) is -2.31. The van der Waals surface area contributed by atoms with Crippen LogP contribution in [0.3, 0.4) is 0 Å². The number of allylic oxidation sites excluding steroid dienone is 4. The number of hydrogen-bond acceptors (Lipinski definition) is 4. The van der Waals surface area contributed by atoms with Gasteiger partial charge in [0.2, 0.25) is 0 Å². The topological polar surface area (TPSA) is 74.3 Å². The zero-order chi connectivity index (χ0) is 13.5. The van der Waals surface area contributed by atoms with Crippen molar-refractivity contribution in [3.05, 3.63) is 23.8 Å². The number of hydrogen-bond donors (Lipinski definition) is 0. The average Bonchev–Trinajstić information content (AvgIpc) is 2.28. The van der Waals surface area contributed by atoms with E-state index in [1.165, 1.54) is 6.08 Å². The van der Waals surface area contributed by atoms with E-state index in [0.29, 0.717) is 12.0 Å². The summed E-state index contributed by atoms with van der Waals surface area (Å²) < 4.78 is 0. The summed E-state index contributed by atoms with van der Waals surface area (Å²) in [5.41, 5.74) is -0.525. The van der Waals surface area contributed by atoms with Crippen molar-refractivity contribution in [2.45, 2.75) is 26.7 Å². The van der Waals surface area contributed by atoms with Crippen LogP contribution in [-0.4, -0.2) is 17.5 Å². The molecule has 3 atom stereocenters. The molecule has 2 aliphatic carbocycles. The van der Waals surface area contributed by atoms with E-state index in [-0.39, 0.29) is 47.5 Å². The van der Waals surface area contributed by atoms with Gasteiger partial charge in [-0.3, -0.25) is 9.59 Å². The van der Waals surface area contributed by atoms with E-state index in [1.54, 1.807) is 26.0 Å². The molecule has 0 aromatic heterocycles. The zero-order valence-electron chi connectivity index (χ0n) is 11.4. The molecule has 2 rings (SSSR count). The van der Waals surface area contributed by atoms with Crippen LogP contribution in [-0.2, 0) is 14.4 Å². The van der Waals surface area contributed by atoms with Gasteiger partial charge < -0.3 is 9.90 Å². The smallest absolute Gasteiger partial charge is 0.550 e. The molecule has 0 spiro atoms. The van der Waals surface area contributed by atoms with Gasteiger partial charge in [-0.25, -0.2) is 0 Å². The second-order valence-electron chi connectivity index (χ2n) is 5.24. The molecule has 19 heavy (non-hydrogen) atoms. The predicted molar refractivity (Wildman–Crippen MR) is 62.2 cm³/mol. The van der Waals surface area contributed by atoms with E-state index in [9.17, 15) is 19.5 Å². The minimum atomic E-state index is -1.20. The molecule has 0 aliphatic heterocycles. The first-order chi connectivity index (χ1) is 8.37. The van der Waals surface area contributed by atoms with Crippen molar-refractivity contribution >= 4 is 17.5 Å². The summed E-state index contributed by atoms with van der Waals surface area (Å²) in [6.07, 6.45) is 5.17. The van der Waals surface area contributed by atoms with E-state index in [0.717, 1.165) is 0 Å². The number of fused-ring (bicyclic) bond motifs is 1. The Labute approximate surface area is 134 Å². The van der Waals surface area contributed by atoms with E-state index in [2.05, 4.69) is 0 Å². The van der Waals surface area contributed by atoms with Crippen LogP contribution in [0.25, 0.3) is 0 Å². The van der Waals surface area contributed by atoms with Crippen LogP contribution in [0.5, 0.6) is 0 Å². The van der Waals surface area contributed by atoms with Gasteiger partial charge in [-0.15, -0.1) is 0 Å². The van der Waals surface area contributed by atoms with E-state index in [4.69, 9.17) is 0 Å². The molecule has 0 bridgehead atoms. The fourth-order valence-electron chi connectivity index (χ4n) is 3.08. The molecule has 0 amide bonds. The van der Waals surface area contributed by atoms with Gasteiger partial charge in [0.05, 0.1) is 0 Å². The maximum Gasteiger partial charge on any atom is 1.00 e. The third-order valence-electron chi connectivity index (χ3n) is 4.17. The van der Waals surface area contributed by atoms with Crippen molar-refractivity contribution in [1.82, 2.24) is 0 Å².